The minimum absolute atomic E-state index is 0.00260. The number of methoxy groups -OCH3 is 1. The summed E-state index contributed by atoms with van der Waals surface area (Å²) in [6.45, 7) is 0.593. The monoisotopic (exact) mass is 499 g/mol. The Morgan fingerprint density at radius 2 is 1.86 bits per heavy atom. The minimum Gasteiger partial charge on any atom is -0.495 e. The summed E-state index contributed by atoms with van der Waals surface area (Å²) in [7, 11) is 3.36. The van der Waals surface area contributed by atoms with Crippen LogP contribution in [0.2, 0.25) is 0 Å². The number of para-hydroxylation sites is 1. The standard InChI is InChI=1S/C30H30FN3O3/c1-32-27-11-6-14-30(27)15-16-34(25-10-4-3-7-22(25)19-30)29(36)21-12-13-24(26(18-21)37-2)33-28(35)20-8-5-9-23(31)17-20/h3-5,7-10,12-13,17-18H,6,11,14-16,19H2,1-2H3,(H,33,35). The van der Waals surface area contributed by atoms with Crippen LogP contribution in [0.3, 0.4) is 0 Å². The smallest absolute Gasteiger partial charge is 0.258 e. The van der Waals surface area contributed by atoms with Crippen molar-refractivity contribution in [1.29, 1.82) is 0 Å². The van der Waals surface area contributed by atoms with Gasteiger partial charge in [0, 0.05) is 41.5 Å². The molecule has 1 aliphatic heterocycles. The van der Waals surface area contributed by atoms with Crippen molar-refractivity contribution in [1.82, 2.24) is 0 Å². The van der Waals surface area contributed by atoms with Crippen LogP contribution < -0.4 is 15.0 Å². The molecule has 2 aliphatic rings. The number of amides is 2. The molecule has 190 valence electrons. The van der Waals surface area contributed by atoms with E-state index in [1.54, 1.807) is 18.2 Å². The van der Waals surface area contributed by atoms with Crippen LogP contribution in [0.4, 0.5) is 15.8 Å². The van der Waals surface area contributed by atoms with Gasteiger partial charge in [0.25, 0.3) is 11.8 Å². The van der Waals surface area contributed by atoms with Gasteiger partial charge in [0.05, 0.1) is 12.8 Å². The van der Waals surface area contributed by atoms with Gasteiger partial charge in [-0.1, -0.05) is 24.3 Å². The largest absolute Gasteiger partial charge is 0.495 e. The number of nitrogens with one attached hydrogen (secondary N) is 1. The number of hydrogen-bond donors (Lipinski definition) is 1. The number of halogens is 1. The van der Waals surface area contributed by atoms with Crippen molar-refractivity contribution in [3.8, 4) is 5.75 Å². The summed E-state index contributed by atoms with van der Waals surface area (Å²) in [5.74, 6) is -0.728. The molecule has 1 saturated carbocycles. The Morgan fingerprint density at radius 1 is 1.03 bits per heavy atom. The number of carbonyl (C=O) groups excluding carboxylic acids is 2. The lowest BCUT2D eigenvalue weighted by Crippen LogP contribution is -2.35. The van der Waals surface area contributed by atoms with Gasteiger partial charge in [-0.15, -0.1) is 0 Å². The molecule has 1 aliphatic carbocycles. The Bertz CT molecular complexity index is 1390. The lowest BCUT2D eigenvalue weighted by Gasteiger charge is -2.29. The third-order valence-electron chi connectivity index (χ3n) is 7.60. The first-order chi connectivity index (χ1) is 17.9. The Hall–Kier alpha value is -4.00. The molecule has 0 bridgehead atoms. The van der Waals surface area contributed by atoms with Crippen LogP contribution in [0, 0.1) is 11.2 Å². The van der Waals surface area contributed by atoms with Crippen LogP contribution >= 0.6 is 0 Å². The average molecular weight is 500 g/mol. The van der Waals surface area contributed by atoms with E-state index in [4.69, 9.17) is 4.74 Å². The molecule has 5 rings (SSSR count). The molecule has 1 unspecified atom stereocenters. The fourth-order valence-corrected chi connectivity index (χ4v) is 5.75. The normalized spacial score (nSPS) is 20.0. The number of benzene rings is 3. The Balaban J connectivity index is 1.43. The van der Waals surface area contributed by atoms with Crippen LogP contribution in [0.25, 0.3) is 0 Å². The van der Waals surface area contributed by atoms with Crippen molar-refractivity contribution < 1.29 is 18.7 Å². The van der Waals surface area contributed by atoms with Crippen molar-refractivity contribution >= 4 is 28.9 Å². The molecule has 3 aromatic carbocycles. The van der Waals surface area contributed by atoms with Gasteiger partial charge in [-0.25, -0.2) is 4.39 Å². The number of anilines is 2. The highest BCUT2D eigenvalue weighted by molar-refractivity contribution is 6.09. The number of fused-ring (bicyclic) bond motifs is 1. The van der Waals surface area contributed by atoms with Gasteiger partial charge in [0.2, 0.25) is 0 Å². The van der Waals surface area contributed by atoms with Crippen molar-refractivity contribution in [2.24, 2.45) is 10.4 Å². The summed E-state index contributed by atoms with van der Waals surface area (Å²) in [6, 6.07) is 18.5. The van der Waals surface area contributed by atoms with Crippen molar-refractivity contribution in [3.05, 3.63) is 89.2 Å². The fourth-order valence-electron chi connectivity index (χ4n) is 5.75. The van der Waals surface area contributed by atoms with Crippen LogP contribution in [0.1, 0.15) is 52.0 Å². The maximum atomic E-state index is 13.8. The van der Waals surface area contributed by atoms with E-state index >= 15 is 0 Å². The van der Waals surface area contributed by atoms with Crippen LogP contribution in [-0.2, 0) is 6.42 Å². The predicted molar refractivity (Wildman–Crippen MR) is 143 cm³/mol. The molecule has 1 N–H and O–H groups in total. The Kier molecular flexibility index (Phi) is 6.78. The summed E-state index contributed by atoms with van der Waals surface area (Å²) in [6.07, 6.45) is 4.98. The van der Waals surface area contributed by atoms with Gasteiger partial charge in [0.15, 0.2) is 0 Å². The van der Waals surface area contributed by atoms with Crippen LogP contribution in [0.15, 0.2) is 71.7 Å². The second-order valence-corrected chi connectivity index (χ2v) is 9.70. The predicted octanol–water partition coefficient (Wildman–Crippen LogP) is 5.92. The molecule has 1 atom stereocenters. The second-order valence-electron chi connectivity index (χ2n) is 9.70. The zero-order valence-electron chi connectivity index (χ0n) is 21.1. The highest BCUT2D eigenvalue weighted by atomic mass is 19.1. The molecule has 2 amide bonds. The molecule has 3 aromatic rings. The van der Waals surface area contributed by atoms with Gasteiger partial charge >= 0.3 is 0 Å². The topological polar surface area (TPSA) is 71.0 Å². The Labute approximate surface area is 216 Å². The number of ether oxygens (including phenoxy) is 1. The zero-order chi connectivity index (χ0) is 26.0. The number of aliphatic imine (C=N–C) groups is 1. The summed E-state index contributed by atoms with van der Waals surface area (Å²) >= 11 is 0. The first-order valence-electron chi connectivity index (χ1n) is 12.5. The quantitative estimate of drug-likeness (QED) is 0.484. The van der Waals surface area contributed by atoms with E-state index in [0.717, 1.165) is 43.4 Å². The van der Waals surface area contributed by atoms with Gasteiger partial charge in [0.1, 0.15) is 11.6 Å². The molecule has 6 nitrogen and oxygen atoms in total. The number of rotatable bonds is 4. The highest BCUT2D eigenvalue weighted by Gasteiger charge is 2.42. The SMILES string of the molecule is CN=C1CCCC12CCN(C(=O)c1ccc(NC(=O)c3cccc(F)c3)c(OC)c1)c1ccccc1C2. The summed E-state index contributed by atoms with van der Waals surface area (Å²) in [5.41, 5.74) is 4.40. The van der Waals surface area contributed by atoms with E-state index in [2.05, 4.69) is 16.4 Å². The Morgan fingerprint density at radius 3 is 2.65 bits per heavy atom. The molecule has 7 heteroatoms. The number of nitrogens with zero attached hydrogens (tertiary/aromatic N) is 2. The van der Waals surface area contributed by atoms with Crippen molar-refractivity contribution in [2.75, 3.05) is 30.9 Å². The van der Waals surface area contributed by atoms with Gasteiger partial charge in [-0.2, -0.15) is 0 Å². The lowest BCUT2D eigenvalue weighted by atomic mass is 9.76. The van der Waals surface area contributed by atoms with Crippen LogP contribution in [0.5, 0.6) is 5.75 Å². The second kappa shape index (κ2) is 10.2. The van der Waals surface area contributed by atoms with Crippen molar-refractivity contribution in [2.45, 2.75) is 32.1 Å². The number of carbonyl (C=O) groups is 2. The maximum Gasteiger partial charge on any atom is 0.258 e. The average Bonchev–Trinajstić information content (AvgIpc) is 3.23. The minimum atomic E-state index is -0.491. The fraction of sp³-hybridized carbons (Fsp3) is 0.300. The van der Waals surface area contributed by atoms with E-state index in [0.29, 0.717) is 23.5 Å². The summed E-state index contributed by atoms with van der Waals surface area (Å²) in [4.78, 5) is 33.0. The summed E-state index contributed by atoms with van der Waals surface area (Å²) < 4.78 is 19.1. The first-order valence-corrected chi connectivity index (χ1v) is 12.5. The van der Waals surface area contributed by atoms with E-state index in [1.165, 1.54) is 37.1 Å². The molecule has 0 saturated heterocycles. The molecule has 1 heterocycles. The van der Waals surface area contributed by atoms with E-state index in [1.807, 2.05) is 30.1 Å². The zero-order valence-corrected chi connectivity index (χ0v) is 21.1. The molecule has 37 heavy (non-hydrogen) atoms. The maximum absolute atomic E-state index is 13.8. The number of hydrogen-bond acceptors (Lipinski definition) is 4. The molecular formula is C30H30FN3O3. The van der Waals surface area contributed by atoms with Crippen molar-refractivity contribution in [3.63, 3.8) is 0 Å². The molecule has 1 fully saturated rings. The third kappa shape index (κ3) is 4.73. The summed E-state index contributed by atoms with van der Waals surface area (Å²) in [5, 5.41) is 2.75. The van der Waals surface area contributed by atoms with Gasteiger partial charge in [-0.05, 0) is 80.1 Å². The van der Waals surface area contributed by atoms with Gasteiger partial charge in [-0.3, -0.25) is 14.6 Å². The first kappa shape index (κ1) is 24.7. The lowest BCUT2D eigenvalue weighted by molar-refractivity contribution is 0.0984. The molecule has 1 spiro atoms. The van der Waals surface area contributed by atoms with Crippen LogP contribution in [-0.4, -0.2) is 38.2 Å². The molecular weight excluding hydrogens is 469 g/mol. The molecule has 0 radical (unpaired) electrons. The van der Waals surface area contributed by atoms with E-state index in [9.17, 15) is 14.0 Å². The molecule has 0 aromatic heterocycles. The van der Waals surface area contributed by atoms with E-state index in [-0.39, 0.29) is 16.9 Å². The highest BCUT2D eigenvalue weighted by Crippen LogP contribution is 2.46. The third-order valence-corrected chi connectivity index (χ3v) is 7.60. The van der Waals surface area contributed by atoms with Gasteiger partial charge < -0.3 is 15.0 Å². The van der Waals surface area contributed by atoms with E-state index < -0.39 is 11.7 Å².